The van der Waals surface area contributed by atoms with E-state index >= 15 is 0 Å². The van der Waals surface area contributed by atoms with Gasteiger partial charge >= 0.3 is 0 Å². The van der Waals surface area contributed by atoms with Crippen molar-refractivity contribution in [2.45, 2.75) is 64.6 Å². The minimum absolute atomic E-state index is 0.653. The normalized spacial score (nSPS) is 28.0. The Labute approximate surface area is 147 Å². The summed E-state index contributed by atoms with van der Waals surface area (Å²) in [7, 11) is 0. The van der Waals surface area contributed by atoms with Crippen LogP contribution in [0.4, 0.5) is 5.69 Å². The Morgan fingerprint density at radius 1 is 0.875 bits per heavy atom. The van der Waals surface area contributed by atoms with Crippen molar-refractivity contribution in [2.24, 2.45) is 0 Å². The molecule has 0 amide bonds. The predicted octanol–water partition coefficient (Wildman–Crippen LogP) is 3.86. The molecule has 1 aliphatic carbocycles. The standard InChI is InChI=1S/C21H33N3/c1-15(2)22-9-11-23(12-10-22)18-5-6-19-17-7-8-24(16(3)4)21(13-17)20(19)14-18/h5-6,14-17,21H,7-13H2,1-4H3/t17-,21+/m0/s1. The summed E-state index contributed by atoms with van der Waals surface area (Å²) in [5.74, 6) is 0.812. The van der Waals surface area contributed by atoms with Crippen molar-refractivity contribution in [3.05, 3.63) is 29.3 Å². The summed E-state index contributed by atoms with van der Waals surface area (Å²) in [6.07, 6.45) is 2.69. The number of benzene rings is 1. The van der Waals surface area contributed by atoms with Crippen molar-refractivity contribution in [2.75, 3.05) is 37.6 Å². The van der Waals surface area contributed by atoms with Crippen LogP contribution in [0.3, 0.4) is 0 Å². The molecule has 0 N–H and O–H groups in total. The van der Waals surface area contributed by atoms with Gasteiger partial charge in [0.15, 0.2) is 0 Å². The molecule has 3 heteroatoms. The van der Waals surface area contributed by atoms with E-state index in [1.807, 2.05) is 0 Å². The van der Waals surface area contributed by atoms with Crippen molar-refractivity contribution in [1.29, 1.82) is 0 Å². The molecule has 2 saturated heterocycles. The molecule has 1 aromatic rings. The number of hydrogen-bond donors (Lipinski definition) is 0. The van der Waals surface area contributed by atoms with Gasteiger partial charge in [-0.05, 0) is 76.3 Å². The lowest BCUT2D eigenvalue weighted by molar-refractivity contribution is 0.116. The number of hydrogen-bond acceptors (Lipinski definition) is 3. The number of anilines is 1. The van der Waals surface area contributed by atoms with Gasteiger partial charge in [0, 0.05) is 50.0 Å². The zero-order valence-electron chi connectivity index (χ0n) is 15.8. The van der Waals surface area contributed by atoms with Crippen LogP contribution in [0.5, 0.6) is 0 Å². The summed E-state index contributed by atoms with van der Waals surface area (Å²) in [6, 6.07) is 9.37. The fourth-order valence-electron chi connectivity index (χ4n) is 5.11. The van der Waals surface area contributed by atoms with E-state index in [0.717, 1.165) is 5.92 Å². The van der Waals surface area contributed by atoms with Crippen LogP contribution < -0.4 is 4.90 Å². The van der Waals surface area contributed by atoms with Crippen LogP contribution in [0.15, 0.2) is 18.2 Å². The molecule has 2 atom stereocenters. The Morgan fingerprint density at radius 3 is 2.29 bits per heavy atom. The number of piperidine rings is 1. The van der Waals surface area contributed by atoms with Crippen LogP contribution >= 0.6 is 0 Å². The average molecular weight is 328 g/mol. The molecule has 0 saturated carbocycles. The van der Waals surface area contributed by atoms with Crippen molar-refractivity contribution < 1.29 is 0 Å². The molecule has 4 rings (SSSR count). The molecule has 0 aromatic heterocycles. The monoisotopic (exact) mass is 327 g/mol. The molecule has 0 unspecified atom stereocenters. The van der Waals surface area contributed by atoms with Gasteiger partial charge in [0.25, 0.3) is 0 Å². The highest BCUT2D eigenvalue weighted by atomic mass is 15.3. The first-order valence-corrected chi connectivity index (χ1v) is 9.93. The first-order chi connectivity index (χ1) is 11.5. The number of rotatable bonds is 3. The summed E-state index contributed by atoms with van der Waals surface area (Å²) in [5, 5.41) is 0. The van der Waals surface area contributed by atoms with Crippen molar-refractivity contribution in [1.82, 2.24) is 9.80 Å². The van der Waals surface area contributed by atoms with E-state index in [1.54, 1.807) is 11.1 Å². The van der Waals surface area contributed by atoms with Gasteiger partial charge in [-0.25, -0.2) is 0 Å². The third-order valence-electron chi connectivity index (χ3n) is 6.59. The van der Waals surface area contributed by atoms with E-state index in [-0.39, 0.29) is 0 Å². The molecule has 2 aliphatic heterocycles. The van der Waals surface area contributed by atoms with Gasteiger partial charge in [-0.15, -0.1) is 0 Å². The van der Waals surface area contributed by atoms with Gasteiger partial charge in [-0.1, -0.05) is 6.07 Å². The SMILES string of the molecule is CC(C)N1CCN(c2ccc3c(c2)[C@H]2C[C@@H]3CCN2C(C)C)CC1. The predicted molar refractivity (Wildman–Crippen MR) is 102 cm³/mol. The molecule has 0 radical (unpaired) electrons. The summed E-state index contributed by atoms with van der Waals surface area (Å²) in [4.78, 5) is 7.92. The maximum absolute atomic E-state index is 2.73. The van der Waals surface area contributed by atoms with Crippen molar-refractivity contribution in [3.8, 4) is 0 Å². The molecule has 2 bridgehead atoms. The molecule has 0 spiro atoms. The van der Waals surface area contributed by atoms with Gasteiger partial charge < -0.3 is 4.90 Å². The fraction of sp³-hybridized carbons (Fsp3) is 0.714. The second kappa shape index (κ2) is 6.34. The Balaban J connectivity index is 1.55. The second-order valence-electron chi connectivity index (χ2n) is 8.50. The first-order valence-electron chi connectivity index (χ1n) is 9.93. The smallest absolute Gasteiger partial charge is 0.0370 e. The van der Waals surface area contributed by atoms with Crippen molar-refractivity contribution in [3.63, 3.8) is 0 Å². The van der Waals surface area contributed by atoms with E-state index in [2.05, 4.69) is 60.6 Å². The van der Waals surface area contributed by atoms with E-state index in [4.69, 9.17) is 0 Å². The highest BCUT2D eigenvalue weighted by Gasteiger charge is 2.39. The molecule has 132 valence electrons. The highest BCUT2D eigenvalue weighted by molar-refractivity contribution is 5.55. The topological polar surface area (TPSA) is 9.72 Å². The minimum atomic E-state index is 0.653. The molecule has 3 aliphatic rings. The summed E-state index contributed by atoms with van der Waals surface area (Å²) < 4.78 is 0. The molecule has 2 fully saturated rings. The Bertz CT molecular complexity index is 587. The lowest BCUT2D eigenvalue weighted by Crippen LogP contribution is -2.48. The van der Waals surface area contributed by atoms with Crippen LogP contribution in [0.25, 0.3) is 0 Å². The lowest BCUT2D eigenvalue weighted by Gasteiger charge is -2.39. The number of fused-ring (bicyclic) bond motifs is 5. The third kappa shape index (κ3) is 2.76. The van der Waals surface area contributed by atoms with E-state index in [9.17, 15) is 0 Å². The van der Waals surface area contributed by atoms with Gasteiger partial charge in [0.1, 0.15) is 0 Å². The van der Waals surface area contributed by atoms with E-state index in [0.29, 0.717) is 18.1 Å². The van der Waals surface area contributed by atoms with Crippen LogP contribution in [0.1, 0.15) is 63.6 Å². The van der Waals surface area contributed by atoms with Crippen LogP contribution in [0, 0.1) is 0 Å². The first kappa shape index (κ1) is 16.4. The molecule has 2 heterocycles. The Kier molecular flexibility index (Phi) is 4.34. The van der Waals surface area contributed by atoms with Crippen LogP contribution in [0.2, 0.25) is 0 Å². The molecular weight excluding hydrogens is 294 g/mol. The zero-order chi connectivity index (χ0) is 16.8. The van der Waals surface area contributed by atoms with E-state index < -0.39 is 0 Å². The number of nitrogens with zero attached hydrogens (tertiary/aromatic N) is 3. The molecular formula is C21H33N3. The molecule has 24 heavy (non-hydrogen) atoms. The summed E-state index contributed by atoms with van der Waals surface area (Å²) >= 11 is 0. The lowest BCUT2D eigenvalue weighted by atomic mass is 9.95. The van der Waals surface area contributed by atoms with Crippen LogP contribution in [-0.2, 0) is 0 Å². The Hall–Kier alpha value is -1.06. The third-order valence-corrected chi connectivity index (χ3v) is 6.59. The summed E-state index contributed by atoms with van der Waals surface area (Å²) in [5.41, 5.74) is 4.73. The largest absolute Gasteiger partial charge is 0.369 e. The summed E-state index contributed by atoms with van der Waals surface area (Å²) in [6.45, 7) is 15.3. The average Bonchev–Trinajstić information content (AvgIpc) is 2.87. The molecule has 3 nitrogen and oxygen atoms in total. The van der Waals surface area contributed by atoms with Crippen LogP contribution in [-0.4, -0.2) is 54.6 Å². The van der Waals surface area contributed by atoms with Gasteiger partial charge in [-0.3, -0.25) is 9.80 Å². The van der Waals surface area contributed by atoms with Crippen molar-refractivity contribution >= 4 is 5.69 Å². The maximum atomic E-state index is 2.73. The highest BCUT2D eigenvalue weighted by Crippen LogP contribution is 2.50. The second-order valence-corrected chi connectivity index (χ2v) is 8.50. The molecule has 1 aromatic carbocycles. The van der Waals surface area contributed by atoms with Gasteiger partial charge in [0.05, 0.1) is 0 Å². The minimum Gasteiger partial charge on any atom is -0.369 e. The quantitative estimate of drug-likeness (QED) is 0.835. The zero-order valence-corrected chi connectivity index (χ0v) is 15.8. The van der Waals surface area contributed by atoms with E-state index in [1.165, 1.54) is 51.3 Å². The number of piperazine rings is 1. The number of likely N-dealkylation sites (tertiary alicyclic amines) is 1. The van der Waals surface area contributed by atoms with Gasteiger partial charge in [0.2, 0.25) is 0 Å². The van der Waals surface area contributed by atoms with Gasteiger partial charge in [-0.2, -0.15) is 0 Å². The fourth-order valence-corrected chi connectivity index (χ4v) is 5.11. The maximum Gasteiger partial charge on any atom is 0.0370 e. The Morgan fingerprint density at radius 2 is 1.62 bits per heavy atom.